The van der Waals surface area contributed by atoms with Gasteiger partial charge in [-0.05, 0) is 38.1 Å². The first kappa shape index (κ1) is 12.2. The Labute approximate surface area is 106 Å². The van der Waals surface area contributed by atoms with E-state index in [0.717, 1.165) is 17.0 Å². The van der Waals surface area contributed by atoms with Crippen molar-refractivity contribution < 1.29 is 4.74 Å². The van der Waals surface area contributed by atoms with Crippen LogP contribution in [0.4, 0.5) is 17.5 Å². The summed E-state index contributed by atoms with van der Waals surface area (Å²) in [5.74, 6) is 1.82. The summed E-state index contributed by atoms with van der Waals surface area (Å²) in [7, 11) is 0. The molecular weight excluding hydrogens is 228 g/mol. The fraction of sp³-hybridized carbons (Fsp3) is 0.231. The third kappa shape index (κ3) is 2.88. The van der Waals surface area contributed by atoms with Crippen LogP contribution in [0, 0.1) is 6.92 Å². The zero-order valence-corrected chi connectivity index (χ0v) is 10.5. The summed E-state index contributed by atoms with van der Waals surface area (Å²) in [6.45, 7) is 4.55. The lowest BCUT2D eigenvalue weighted by molar-refractivity contribution is 0.340. The second kappa shape index (κ2) is 5.35. The molecule has 0 saturated heterocycles. The molecule has 1 aromatic carbocycles. The van der Waals surface area contributed by atoms with Gasteiger partial charge in [-0.2, -0.15) is 4.98 Å². The summed E-state index contributed by atoms with van der Waals surface area (Å²) < 4.78 is 5.38. The Bertz CT molecular complexity index is 525. The summed E-state index contributed by atoms with van der Waals surface area (Å²) in [4.78, 5) is 8.08. The van der Waals surface area contributed by atoms with Gasteiger partial charge in [0.1, 0.15) is 11.6 Å². The number of ether oxygens (including phenoxy) is 1. The number of anilines is 3. The number of rotatable bonds is 4. The first-order valence-electron chi connectivity index (χ1n) is 5.78. The topological polar surface area (TPSA) is 73.1 Å². The van der Waals surface area contributed by atoms with Crippen molar-refractivity contribution in [1.82, 2.24) is 9.97 Å². The monoisotopic (exact) mass is 244 g/mol. The number of nitrogens with two attached hydrogens (primary N) is 1. The van der Waals surface area contributed by atoms with Gasteiger partial charge >= 0.3 is 0 Å². The first-order chi connectivity index (χ1) is 8.69. The van der Waals surface area contributed by atoms with Gasteiger partial charge in [-0.3, -0.25) is 0 Å². The normalized spacial score (nSPS) is 10.1. The van der Waals surface area contributed by atoms with Crippen molar-refractivity contribution in [3.63, 3.8) is 0 Å². The highest BCUT2D eigenvalue weighted by Gasteiger charge is 2.02. The summed E-state index contributed by atoms with van der Waals surface area (Å²) in [5, 5.41) is 3.20. The average Bonchev–Trinajstić information content (AvgIpc) is 2.37. The Morgan fingerprint density at radius 2 is 2.00 bits per heavy atom. The Hall–Kier alpha value is -2.30. The quantitative estimate of drug-likeness (QED) is 0.864. The maximum atomic E-state index is 5.56. The molecule has 0 saturated carbocycles. The van der Waals surface area contributed by atoms with Crippen LogP contribution in [-0.4, -0.2) is 16.6 Å². The number of nitrogens with one attached hydrogen (secondary N) is 1. The number of hydrogen-bond acceptors (Lipinski definition) is 5. The van der Waals surface area contributed by atoms with E-state index >= 15 is 0 Å². The fourth-order valence-electron chi connectivity index (χ4n) is 1.52. The smallest absolute Gasteiger partial charge is 0.221 e. The molecule has 18 heavy (non-hydrogen) atoms. The number of aromatic nitrogens is 2. The largest absolute Gasteiger partial charge is 0.494 e. The second-order valence-corrected chi connectivity index (χ2v) is 3.84. The highest BCUT2D eigenvalue weighted by molar-refractivity contribution is 5.60. The van der Waals surface area contributed by atoms with Crippen LogP contribution in [0.1, 0.15) is 12.5 Å². The van der Waals surface area contributed by atoms with Crippen LogP contribution in [0.15, 0.2) is 30.5 Å². The van der Waals surface area contributed by atoms with Crippen molar-refractivity contribution in [3.05, 3.63) is 36.0 Å². The van der Waals surface area contributed by atoms with Crippen molar-refractivity contribution in [1.29, 1.82) is 0 Å². The predicted molar refractivity (Wildman–Crippen MR) is 72.1 cm³/mol. The minimum atomic E-state index is 0.258. The van der Waals surface area contributed by atoms with E-state index in [9.17, 15) is 0 Å². The molecule has 0 aliphatic carbocycles. The lowest BCUT2D eigenvalue weighted by Gasteiger charge is -2.09. The summed E-state index contributed by atoms with van der Waals surface area (Å²) in [5.41, 5.74) is 7.44. The molecule has 2 aromatic rings. The van der Waals surface area contributed by atoms with Gasteiger partial charge in [0.25, 0.3) is 0 Å². The molecular formula is C13H16N4O. The van der Waals surface area contributed by atoms with Crippen LogP contribution in [0.2, 0.25) is 0 Å². The van der Waals surface area contributed by atoms with Crippen LogP contribution in [0.3, 0.4) is 0 Å². The van der Waals surface area contributed by atoms with E-state index in [1.165, 1.54) is 0 Å². The van der Waals surface area contributed by atoms with Gasteiger partial charge in [-0.25, -0.2) is 4.98 Å². The fourth-order valence-corrected chi connectivity index (χ4v) is 1.52. The molecule has 0 unspecified atom stereocenters. The third-order valence-corrected chi connectivity index (χ3v) is 2.42. The van der Waals surface area contributed by atoms with Crippen LogP contribution in [-0.2, 0) is 0 Å². The summed E-state index contributed by atoms with van der Waals surface area (Å²) >= 11 is 0. The number of nitrogen functional groups attached to an aromatic ring is 1. The molecule has 0 amide bonds. The Morgan fingerprint density at radius 1 is 1.28 bits per heavy atom. The zero-order chi connectivity index (χ0) is 13.0. The Kier molecular flexibility index (Phi) is 3.62. The van der Waals surface area contributed by atoms with Gasteiger partial charge in [0, 0.05) is 17.4 Å². The maximum absolute atomic E-state index is 5.56. The lowest BCUT2D eigenvalue weighted by Crippen LogP contribution is -2.01. The highest BCUT2D eigenvalue weighted by Crippen LogP contribution is 2.21. The van der Waals surface area contributed by atoms with Gasteiger partial charge < -0.3 is 15.8 Å². The standard InChI is InChI=1S/C13H16N4O/c1-3-18-11-6-4-10(5-7-11)16-12-9(2)8-15-13(14)17-12/h4-8H,3H2,1-2H3,(H3,14,15,16,17). The Morgan fingerprint density at radius 3 is 2.67 bits per heavy atom. The molecule has 1 aromatic heterocycles. The maximum Gasteiger partial charge on any atom is 0.221 e. The molecule has 5 nitrogen and oxygen atoms in total. The molecule has 0 bridgehead atoms. The van der Waals surface area contributed by atoms with E-state index in [0.29, 0.717) is 12.4 Å². The summed E-state index contributed by atoms with van der Waals surface area (Å²) in [6.07, 6.45) is 1.69. The predicted octanol–water partition coefficient (Wildman–Crippen LogP) is 2.51. The first-order valence-corrected chi connectivity index (χ1v) is 5.78. The van der Waals surface area contributed by atoms with Gasteiger partial charge in [0.2, 0.25) is 5.95 Å². The molecule has 0 atom stereocenters. The van der Waals surface area contributed by atoms with E-state index in [1.807, 2.05) is 38.1 Å². The molecule has 0 aliphatic heterocycles. The average molecular weight is 244 g/mol. The number of benzene rings is 1. The molecule has 0 spiro atoms. The van der Waals surface area contributed by atoms with Gasteiger partial charge in [-0.15, -0.1) is 0 Å². The van der Waals surface area contributed by atoms with E-state index in [1.54, 1.807) is 6.20 Å². The highest BCUT2D eigenvalue weighted by atomic mass is 16.5. The lowest BCUT2D eigenvalue weighted by atomic mass is 10.3. The van der Waals surface area contributed by atoms with E-state index in [2.05, 4.69) is 15.3 Å². The minimum Gasteiger partial charge on any atom is -0.494 e. The molecule has 3 N–H and O–H groups in total. The van der Waals surface area contributed by atoms with Crippen LogP contribution < -0.4 is 15.8 Å². The van der Waals surface area contributed by atoms with Crippen LogP contribution in [0.5, 0.6) is 5.75 Å². The molecule has 0 aliphatic rings. The molecule has 94 valence electrons. The molecule has 5 heteroatoms. The van der Waals surface area contributed by atoms with Crippen molar-refractivity contribution in [2.24, 2.45) is 0 Å². The Balaban J connectivity index is 2.15. The van der Waals surface area contributed by atoms with Crippen molar-refractivity contribution in [3.8, 4) is 5.75 Å². The molecule has 0 radical (unpaired) electrons. The van der Waals surface area contributed by atoms with Gasteiger partial charge in [0.05, 0.1) is 6.61 Å². The van der Waals surface area contributed by atoms with Gasteiger partial charge in [0.15, 0.2) is 0 Å². The molecule has 2 rings (SSSR count). The minimum absolute atomic E-state index is 0.258. The number of nitrogens with zero attached hydrogens (tertiary/aromatic N) is 2. The second-order valence-electron chi connectivity index (χ2n) is 3.84. The van der Waals surface area contributed by atoms with Crippen molar-refractivity contribution in [2.75, 3.05) is 17.7 Å². The number of hydrogen-bond donors (Lipinski definition) is 2. The van der Waals surface area contributed by atoms with Crippen molar-refractivity contribution in [2.45, 2.75) is 13.8 Å². The van der Waals surface area contributed by atoms with Crippen molar-refractivity contribution >= 4 is 17.5 Å². The number of aryl methyl sites for hydroxylation is 1. The summed E-state index contributed by atoms with van der Waals surface area (Å²) in [6, 6.07) is 7.68. The molecule has 0 fully saturated rings. The third-order valence-electron chi connectivity index (χ3n) is 2.42. The van der Waals surface area contributed by atoms with E-state index < -0.39 is 0 Å². The van der Waals surface area contributed by atoms with Crippen LogP contribution >= 0.6 is 0 Å². The molecule has 1 heterocycles. The van der Waals surface area contributed by atoms with Crippen LogP contribution in [0.25, 0.3) is 0 Å². The zero-order valence-electron chi connectivity index (χ0n) is 10.5. The van der Waals surface area contributed by atoms with E-state index in [4.69, 9.17) is 10.5 Å². The van der Waals surface area contributed by atoms with E-state index in [-0.39, 0.29) is 5.95 Å². The SMILES string of the molecule is CCOc1ccc(Nc2nc(N)ncc2C)cc1. The van der Waals surface area contributed by atoms with Gasteiger partial charge in [-0.1, -0.05) is 0 Å².